The predicted octanol–water partition coefficient (Wildman–Crippen LogP) is 3.97. The first-order chi connectivity index (χ1) is 7.45. The van der Waals surface area contributed by atoms with Crippen molar-refractivity contribution in [2.75, 3.05) is 0 Å². The van der Waals surface area contributed by atoms with Gasteiger partial charge in [-0.05, 0) is 29.6 Å². The van der Waals surface area contributed by atoms with Crippen LogP contribution in [-0.2, 0) is 0 Å². The molecular formula is C14H19NO. The van der Waals surface area contributed by atoms with Gasteiger partial charge in [-0.25, -0.2) is 0 Å². The molecule has 0 aliphatic heterocycles. The smallest absolute Gasteiger partial charge is 0.0802 e. The summed E-state index contributed by atoms with van der Waals surface area (Å²) in [5.74, 6) is 0. The van der Waals surface area contributed by atoms with E-state index in [1.807, 2.05) is 37.3 Å². The summed E-state index contributed by atoms with van der Waals surface area (Å²) in [6.07, 6.45) is 2.06. The van der Waals surface area contributed by atoms with E-state index in [2.05, 4.69) is 32.0 Å². The van der Waals surface area contributed by atoms with Crippen LogP contribution in [0.25, 0.3) is 6.08 Å². The first-order valence-corrected chi connectivity index (χ1v) is 5.41. The van der Waals surface area contributed by atoms with Crippen LogP contribution in [0.3, 0.4) is 0 Å². The number of allylic oxidation sites excluding steroid dienone is 1. The average molecular weight is 217 g/mol. The van der Waals surface area contributed by atoms with Crippen molar-refractivity contribution in [3.05, 3.63) is 41.5 Å². The second-order valence-electron chi connectivity index (χ2n) is 4.90. The van der Waals surface area contributed by atoms with Gasteiger partial charge in [-0.3, -0.25) is 0 Å². The van der Waals surface area contributed by atoms with Gasteiger partial charge in [0, 0.05) is 0 Å². The summed E-state index contributed by atoms with van der Waals surface area (Å²) in [6, 6.07) is 10.1. The fourth-order valence-electron chi connectivity index (χ4n) is 1.63. The minimum Gasteiger partial charge on any atom is -0.411 e. The molecule has 0 fully saturated rings. The van der Waals surface area contributed by atoms with E-state index in [-0.39, 0.29) is 5.41 Å². The molecule has 0 saturated carbocycles. The molecule has 0 amide bonds. The Morgan fingerprint density at radius 1 is 1.19 bits per heavy atom. The summed E-state index contributed by atoms with van der Waals surface area (Å²) in [4.78, 5) is 0. The molecule has 2 heteroatoms. The Labute approximate surface area is 97.3 Å². The number of rotatable bonds is 2. The molecule has 0 bridgehead atoms. The van der Waals surface area contributed by atoms with Crippen molar-refractivity contribution in [3.63, 3.8) is 0 Å². The first kappa shape index (κ1) is 12.5. The maximum absolute atomic E-state index is 8.89. The number of nitrogens with zero attached hydrogens (tertiary/aromatic N) is 1. The van der Waals surface area contributed by atoms with E-state index in [0.717, 1.165) is 11.1 Å². The molecule has 0 saturated heterocycles. The molecule has 0 aliphatic carbocycles. The van der Waals surface area contributed by atoms with Crippen LogP contribution in [0.4, 0.5) is 0 Å². The van der Waals surface area contributed by atoms with E-state index in [1.165, 1.54) is 0 Å². The minimum atomic E-state index is -0.0356. The summed E-state index contributed by atoms with van der Waals surface area (Å²) < 4.78 is 0. The molecule has 0 atom stereocenters. The van der Waals surface area contributed by atoms with Gasteiger partial charge in [0.05, 0.1) is 5.71 Å². The highest BCUT2D eigenvalue weighted by Crippen LogP contribution is 2.28. The lowest BCUT2D eigenvalue weighted by molar-refractivity contribution is 0.317. The van der Waals surface area contributed by atoms with E-state index >= 15 is 0 Å². The number of oxime groups is 1. The van der Waals surface area contributed by atoms with Gasteiger partial charge in [0.1, 0.15) is 0 Å². The Bertz CT molecular complexity index is 396. The highest BCUT2D eigenvalue weighted by molar-refractivity contribution is 6.02. The minimum absolute atomic E-state index is 0.0356. The summed E-state index contributed by atoms with van der Waals surface area (Å²) in [5.41, 5.74) is 2.79. The van der Waals surface area contributed by atoms with Crippen LogP contribution in [0, 0.1) is 5.41 Å². The molecule has 0 aromatic heterocycles. The van der Waals surface area contributed by atoms with Crippen LogP contribution in [0.1, 0.15) is 33.3 Å². The predicted molar refractivity (Wildman–Crippen MR) is 68.8 cm³/mol. The van der Waals surface area contributed by atoms with Crippen LogP contribution < -0.4 is 0 Å². The van der Waals surface area contributed by atoms with E-state index in [4.69, 9.17) is 5.21 Å². The lowest BCUT2D eigenvalue weighted by Gasteiger charge is -2.22. The van der Waals surface area contributed by atoms with Gasteiger partial charge in [0.25, 0.3) is 0 Å². The van der Waals surface area contributed by atoms with Gasteiger partial charge in [-0.1, -0.05) is 56.3 Å². The summed E-state index contributed by atoms with van der Waals surface area (Å²) >= 11 is 0. The molecule has 0 aliphatic rings. The normalized spacial score (nSPS) is 14.0. The van der Waals surface area contributed by atoms with E-state index in [0.29, 0.717) is 5.71 Å². The highest BCUT2D eigenvalue weighted by Gasteiger charge is 2.19. The molecule has 1 rings (SSSR count). The fraction of sp³-hybridized carbons (Fsp3) is 0.357. The zero-order valence-corrected chi connectivity index (χ0v) is 10.4. The van der Waals surface area contributed by atoms with Crippen molar-refractivity contribution in [2.45, 2.75) is 27.7 Å². The quantitative estimate of drug-likeness (QED) is 0.454. The Balaban J connectivity index is 3.18. The summed E-state index contributed by atoms with van der Waals surface area (Å²) in [7, 11) is 0. The molecule has 0 radical (unpaired) electrons. The van der Waals surface area contributed by atoms with Crippen LogP contribution in [-0.4, -0.2) is 10.9 Å². The molecule has 86 valence electrons. The van der Waals surface area contributed by atoms with Crippen molar-refractivity contribution in [1.29, 1.82) is 0 Å². The third-order valence-electron chi connectivity index (χ3n) is 2.46. The standard InChI is InChI=1S/C14H19NO/c1-11(15-16)13(14(2,3)4)10-12-8-6-5-7-9-12/h5-10,16H,1-4H3. The monoisotopic (exact) mass is 217 g/mol. The van der Waals surface area contributed by atoms with Crippen LogP contribution in [0.5, 0.6) is 0 Å². The zero-order valence-electron chi connectivity index (χ0n) is 10.4. The molecule has 16 heavy (non-hydrogen) atoms. The summed E-state index contributed by atoms with van der Waals surface area (Å²) in [6.45, 7) is 8.14. The van der Waals surface area contributed by atoms with Crippen molar-refractivity contribution in [2.24, 2.45) is 10.6 Å². The molecule has 1 N–H and O–H groups in total. The van der Waals surface area contributed by atoms with Gasteiger partial charge >= 0.3 is 0 Å². The molecule has 2 nitrogen and oxygen atoms in total. The third kappa shape index (κ3) is 3.23. The van der Waals surface area contributed by atoms with Crippen molar-refractivity contribution in [1.82, 2.24) is 0 Å². The second kappa shape index (κ2) is 4.97. The fourth-order valence-corrected chi connectivity index (χ4v) is 1.63. The van der Waals surface area contributed by atoms with Crippen molar-refractivity contribution in [3.8, 4) is 0 Å². The van der Waals surface area contributed by atoms with Crippen molar-refractivity contribution < 1.29 is 5.21 Å². The Hall–Kier alpha value is -1.57. The van der Waals surface area contributed by atoms with Gasteiger partial charge < -0.3 is 5.21 Å². The van der Waals surface area contributed by atoms with E-state index in [1.54, 1.807) is 0 Å². The molecular weight excluding hydrogens is 198 g/mol. The van der Waals surface area contributed by atoms with Crippen LogP contribution >= 0.6 is 0 Å². The largest absolute Gasteiger partial charge is 0.411 e. The lowest BCUT2D eigenvalue weighted by atomic mass is 9.83. The Kier molecular flexibility index (Phi) is 3.88. The van der Waals surface area contributed by atoms with Gasteiger partial charge in [0.2, 0.25) is 0 Å². The Morgan fingerprint density at radius 3 is 2.19 bits per heavy atom. The SMILES string of the molecule is CC(=NO)C(=Cc1ccccc1)C(C)(C)C. The number of hydrogen-bond donors (Lipinski definition) is 1. The highest BCUT2D eigenvalue weighted by atomic mass is 16.4. The van der Waals surface area contributed by atoms with E-state index in [9.17, 15) is 0 Å². The maximum Gasteiger partial charge on any atom is 0.0802 e. The van der Waals surface area contributed by atoms with Crippen LogP contribution in [0.2, 0.25) is 0 Å². The van der Waals surface area contributed by atoms with Crippen molar-refractivity contribution >= 4 is 11.8 Å². The Morgan fingerprint density at radius 2 is 1.75 bits per heavy atom. The van der Waals surface area contributed by atoms with Crippen LogP contribution in [0.15, 0.2) is 41.1 Å². The van der Waals surface area contributed by atoms with Gasteiger partial charge in [-0.15, -0.1) is 0 Å². The average Bonchev–Trinajstić information content (AvgIpc) is 2.25. The third-order valence-corrected chi connectivity index (χ3v) is 2.46. The lowest BCUT2D eigenvalue weighted by Crippen LogP contribution is -2.15. The summed E-state index contributed by atoms with van der Waals surface area (Å²) in [5, 5.41) is 12.2. The molecule has 0 spiro atoms. The molecule has 0 unspecified atom stereocenters. The second-order valence-corrected chi connectivity index (χ2v) is 4.90. The zero-order chi connectivity index (χ0) is 12.2. The topological polar surface area (TPSA) is 32.6 Å². The number of benzene rings is 1. The molecule has 0 heterocycles. The van der Waals surface area contributed by atoms with Gasteiger partial charge in [0.15, 0.2) is 0 Å². The van der Waals surface area contributed by atoms with E-state index < -0.39 is 0 Å². The first-order valence-electron chi connectivity index (χ1n) is 5.41. The molecule has 1 aromatic rings. The maximum atomic E-state index is 8.89. The number of hydrogen-bond acceptors (Lipinski definition) is 2. The van der Waals surface area contributed by atoms with Gasteiger partial charge in [-0.2, -0.15) is 0 Å². The molecule has 1 aromatic carbocycles.